The number of nitrogens with one attached hydrogen (secondary N) is 1. The number of ether oxygens (including phenoxy) is 1. The Hall–Kier alpha value is -2.15. The number of aliphatic carboxylic acids is 1. The van der Waals surface area contributed by atoms with Crippen LogP contribution < -0.4 is 11.1 Å². The first kappa shape index (κ1) is 16.2. The number of carboxylic acids is 1. The number of methoxy groups -OCH3 is 1. The standard InChI is InChI=1S/C15H22N4O3/c1-9-12(7-8-13(20)21)14(19-15(16)17-9)18-10-3-5-11(22-2)6-4-10/h7-8,10-11H,3-6H2,1-2H3,(H,20,21)(H3,16,17,18,19). The maximum absolute atomic E-state index is 10.7. The molecule has 0 aliphatic heterocycles. The number of carbonyl (C=O) groups is 1. The molecule has 0 spiro atoms. The van der Waals surface area contributed by atoms with Crippen molar-refractivity contribution >= 4 is 23.8 Å². The van der Waals surface area contributed by atoms with Gasteiger partial charge < -0.3 is 20.9 Å². The van der Waals surface area contributed by atoms with Crippen LogP contribution in [-0.4, -0.2) is 40.3 Å². The highest BCUT2D eigenvalue weighted by atomic mass is 16.5. The largest absolute Gasteiger partial charge is 0.478 e. The molecule has 0 radical (unpaired) electrons. The third-order valence-electron chi connectivity index (χ3n) is 3.89. The van der Waals surface area contributed by atoms with Crippen LogP contribution in [-0.2, 0) is 9.53 Å². The number of nitrogen functional groups attached to an aromatic ring is 1. The van der Waals surface area contributed by atoms with Gasteiger partial charge in [0.05, 0.1) is 11.8 Å². The van der Waals surface area contributed by atoms with E-state index in [0.717, 1.165) is 31.8 Å². The zero-order valence-corrected chi connectivity index (χ0v) is 12.9. The summed E-state index contributed by atoms with van der Waals surface area (Å²) in [5, 5.41) is 12.2. The molecule has 4 N–H and O–H groups in total. The normalized spacial score (nSPS) is 21.9. The second-order valence-corrected chi connectivity index (χ2v) is 5.45. The number of anilines is 2. The average Bonchev–Trinajstić information content (AvgIpc) is 2.46. The van der Waals surface area contributed by atoms with Crippen molar-refractivity contribution in [2.75, 3.05) is 18.2 Å². The molecule has 0 aromatic carbocycles. The summed E-state index contributed by atoms with van der Waals surface area (Å²) in [7, 11) is 1.74. The molecule has 7 nitrogen and oxygen atoms in total. The molecule has 1 aromatic rings. The topological polar surface area (TPSA) is 110 Å². The van der Waals surface area contributed by atoms with Crippen molar-refractivity contribution in [1.29, 1.82) is 0 Å². The van der Waals surface area contributed by atoms with Crippen LogP contribution in [0.5, 0.6) is 0 Å². The van der Waals surface area contributed by atoms with Crippen molar-refractivity contribution in [2.45, 2.75) is 44.8 Å². The van der Waals surface area contributed by atoms with E-state index in [1.54, 1.807) is 14.0 Å². The molecule has 0 amide bonds. The van der Waals surface area contributed by atoms with Gasteiger partial charge in [-0.3, -0.25) is 0 Å². The minimum Gasteiger partial charge on any atom is -0.478 e. The number of carboxylic acid groups (broad SMARTS) is 1. The smallest absolute Gasteiger partial charge is 0.328 e. The molecule has 7 heteroatoms. The molecule has 2 rings (SSSR count). The van der Waals surface area contributed by atoms with Gasteiger partial charge in [-0.2, -0.15) is 4.98 Å². The molecule has 22 heavy (non-hydrogen) atoms. The second kappa shape index (κ2) is 7.22. The highest BCUT2D eigenvalue weighted by molar-refractivity contribution is 5.87. The fourth-order valence-corrected chi connectivity index (χ4v) is 2.70. The van der Waals surface area contributed by atoms with Gasteiger partial charge in [0.15, 0.2) is 0 Å². The number of nitrogens with zero attached hydrogens (tertiary/aromatic N) is 2. The van der Waals surface area contributed by atoms with E-state index in [2.05, 4.69) is 15.3 Å². The number of hydrogen-bond acceptors (Lipinski definition) is 6. The molecule has 0 atom stereocenters. The molecule has 1 saturated carbocycles. The lowest BCUT2D eigenvalue weighted by molar-refractivity contribution is -0.131. The summed E-state index contributed by atoms with van der Waals surface area (Å²) in [6, 6.07) is 0.275. The number of hydrogen-bond donors (Lipinski definition) is 3. The Balaban J connectivity index is 2.17. The van der Waals surface area contributed by atoms with E-state index in [1.165, 1.54) is 6.08 Å². The molecule has 120 valence electrons. The second-order valence-electron chi connectivity index (χ2n) is 5.45. The van der Waals surface area contributed by atoms with E-state index in [0.29, 0.717) is 23.2 Å². The minimum absolute atomic E-state index is 0.179. The third-order valence-corrected chi connectivity index (χ3v) is 3.89. The fourth-order valence-electron chi connectivity index (χ4n) is 2.70. The van der Waals surface area contributed by atoms with Crippen molar-refractivity contribution in [3.05, 3.63) is 17.3 Å². The van der Waals surface area contributed by atoms with Crippen LogP contribution in [0.4, 0.5) is 11.8 Å². The molecule has 1 aliphatic rings. The van der Waals surface area contributed by atoms with Gasteiger partial charge >= 0.3 is 5.97 Å². The molecule has 1 aromatic heterocycles. The number of nitrogens with two attached hydrogens (primary N) is 1. The summed E-state index contributed by atoms with van der Waals surface area (Å²) in [5.41, 5.74) is 7.02. The third kappa shape index (κ3) is 4.17. The van der Waals surface area contributed by atoms with E-state index in [1.807, 2.05) is 0 Å². The monoisotopic (exact) mass is 306 g/mol. The Kier molecular flexibility index (Phi) is 5.32. The van der Waals surface area contributed by atoms with Gasteiger partial charge in [-0.25, -0.2) is 9.78 Å². The van der Waals surface area contributed by atoms with Gasteiger partial charge in [0, 0.05) is 24.8 Å². The van der Waals surface area contributed by atoms with E-state index in [4.69, 9.17) is 15.6 Å². The number of rotatable bonds is 5. The maximum atomic E-state index is 10.7. The highest BCUT2D eigenvalue weighted by Crippen LogP contribution is 2.26. The Bertz CT molecular complexity index is 566. The molecular formula is C15H22N4O3. The summed E-state index contributed by atoms with van der Waals surface area (Å²) in [6.45, 7) is 1.78. The van der Waals surface area contributed by atoms with Crippen LogP contribution in [0.3, 0.4) is 0 Å². The van der Waals surface area contributed by atoms with Gasteiger partial charge in [-0.05, 0) is 38.7 Å². The van der Waals surface area contributed by atoms with Crippen LogP contribution in [0, 0.1) is 6.92 Å². The zero-order valence-electron chi connectivity index (χ0n) is 12.9. The van der Waals surface area contributed by atoms with Crippen LogP contribution in [0.15, 0.2) is 6.08 Å². The molecule has 0 saturated heterocycles. The lowest BCUT2D eigenvalue weighted by atomic mass is 9.93. The average molecular weight is 306 g/mol. The summed E-state index contributed by atoms with van der Waals surface area (Å²) in [4.78, 5) is 19.1. The van der Waals surface area contributed by atoms with Crippen LogP contribution >= 0.6 is 0 Å². The maximum Gasteiger partial charge on any atom is 0.328 e. The van der Waals surface area contributed by atoms with Crippen molar-refractivity contribution in [3.63, 3.8) is 0 Å². The van der Waals surface area contributed by atoms with E-state index in [-0.39, 0.29) is 12.0 Å². The van der Waals surface area contributed by atoms with Gasteiger partial charge in [0.1, 0.15) is 5.82 Å². The fraction of sp³-hybridized carbons (Fsp3) is 0.533. The first-order valence-corrected chi connectivity index (χ1v) is 7.34. The van der Waals surface area contributed by atoms with E-state index >= 15 is 0 Å². The molecule has 1 fully saturated rings. The Morgan fingerprint density at radius 1 is 1.36 bits per heavy atom. The molecule has 0 bridgehead atoms. The summed E-state index contributed by atoms with van der Waals surface area (Å²) in [6.07, 6.45) is 6.84. The molecular weight excluding hydrogens is 284 g/mol. The van der Waals surface area contributed by atoms with Crippen molar-refractivity contribution in [1.82, 2.24) is 9.97 Å². The minimum atomic E-state index is -1.01. The summed E-state index contributed by atoms with van der Waals surface area (Å²) in [5.74, 6) is -0.246. The molecule has 1 heterocycles. The SMILES string of the molecule is COC1CCC(Nc2nc(N)nc(C)c2C=CC(=O)O)CC1. The van der Waals surface area contributed by atoms with Crippen molar-refractivity contribution < 1.29 is 14.6 Å². The van der Waals surface area contributed by atoms with Crippen LogP contribution in [0.1, 0.15) is 36.9 Å². The number of aryl methyl sites for hydroxylation is 1. The van der Waals surface area contributed by atoms with Gasteiger partial charge in [-0.15, -0.1) is 0 Å². The first-order chi connectivity index (χ1) is 10.5. The quantitative estimate of drug-likeness (QED) is 0.712. The predicted octanol–water partition coefficient (Wildman–Crippen LogP) is 1.83. The van der Waals surface area contributed by atoms with E-state index in [9.17, 15) is 4.79 Å². The van der Waals surface area contributed by atoms with Gasteiger partial charge in [-0.1, -0.05) is 0 Å². The lowest BCUT2D eigenvalue weighted by Gasteiger charge is -2.29. The Labute approximate surface area is 129 Å². The highest BCUT2D eigenvalue weighted by Gasteiger charge is 2.22. The zero-order chi connectivity index (χ0) is 16.1. The van der Waals surface area contributed by atoms with Crippen molar-refractivity contribution in [2.24, 2.45) is 0 Å². The lowest BCUT2D eigenvalue weighted by Crippen LogP contribution is -2.30. The van der Waals surface area contributed by atoms with Crippen LogP contribution in [0.2, 0.25) is 0 Å². The van der Waals surface area contributed by atoms with E-state index < -0.39 is 5.97 Å². The molecule has 1 aliphatic carbocycles. The predicted molar refractivity (Wildman–Crippen MR) is 84.5 cm³/mol. The number of aromatic nitrogens is 2. The Morgan fingerprint density at radius 2 is 2.05 bits per heavy atom. The van der Waals surface area contributed by atoms with Crippen molar-refractivity contribution in [3.8, 4) is 0 Å². The summed E-state index contributed by atoms with van der Waals surface area (Å²) < 4.78 is 5.37. The van der Waals surface area contributed by atoms with Crippen LogP contribution in [0.25, 0.3) is 6.08 Å². The first-order valence-electron chi connectivity index (χ1n) is 7.34. The summed E-state index contributed by atoms with van der Waals surface area (Å²) >= 11 is 0. The Morgan fingerprint density at radius 3 is 2.64 bits per heavy atom. The van der Waals surface area contributed by atoms with Gasteiger partial charge in [0.25, 0.3) is 0 Å². The van der Waals surface area contributed by atoms with Gasteiger partial charge in [0.2, 0.25) is 5.95 Å². The molecule has 0 unspecified atom stereocenters.